The Labute approximate surface area is 114 Å². The maximum atomic E-state index is 9.21. The van der Waals surface area contributed by atoms with Crippen LogP contribution in [0.25, 0.3) is 0 Å². The van der Waals surface area contributed by atoms with E-state index in [4.69, 9.17) is 0 Å². The molecule has 1 aromatic carbocycles. The van der Waals surface area contributed by atoms with Gasteiger partial charge in [-0.15, -0.1) is 0 Å². The molecule has 0 aliphatic heterocycles. The number of hydrogen-bond donors (Lipinski definition) is 2. The van der Waals surface area contributed by atoms with Gasteiger partial charge in [-0.2, -0.15) is 5.10 Å². The number of nitrogens with zero attached hydrogens (tertiary/aromatic N) is 2. The van der Waals surface area contributed by atoms with E-state index in [-0.39, 0.29) is 0 Å². The first kappa shape index (κ1) is 13.6. The second-order valence-corrected chi connectivity index (χ2v) is 4.81. The summed E-state index contributed by atoms with van der Waals surface area (Å²) in [7, 11) is 0. The predicted molar refractivity (Wildman–Crippen MR) is 75.9 cm³/mol. The van der Waals surface area contributed by atoms with Gasteiger partial charge in [0.2, 0.25) is 0 Å². The molecule has 2 rings (SSSR count). The number of nitrogens with one attached hydrogen (secondary N) is 1. The summed E-state index contributed by atoms with van der Waals surface area (Å²) in [5.41, 5.74) is 2.21. The summed E-state index contributed by atoms with van der Waals surface area (Å²) in [4.78, 5) is 0. The molecule has 0 bridgehead atoms. The normalized spacial score (nSPS) is 12.5. The van der Waals surface area contributed by atoms with E-state index < -0.39 is 0 Å². The molecule has 4 nitrogen and oxygen atoms in total. The highest BCUT2D eigenvalue weighted by molar-refractivity contribution is 5.25. The quantitative estimate of drug-likeness (QED) is 0.838. The summed E-state index contributed by atoms with van der Waals surface area (Å²) in [5.74, 6) is 0.302. The molecule has 0 saturated carbocycles. The number of aromatic hydroxyl groups is 1. The molecule has 1 aromatic heterocycles. The molecule has 2 N–H and O–H groups in total. The fraction of sp³-hybridized carbons (Fsp3) is 0.400. The second kappa shape index (κ2) is 6.38. The lowest BCUT2D eigenvalue weighted by Gasteiger charge is -2.08. The van der Waals surface area contributed by atoms with Crippen molar-refractivity contribution in [3.8, 4) is 5.75 Å². The van der Waals surface area contributed by atoms with E-state index in [1.807, 2.05) is 23.0 Å². The Morgan fingerprint density at radius 2 is 1.95 bits per heavy atom. The van der Waals surface area contributed by atoms with Gasteiger partial charge in [0.25, 0.3) is 0 Å². The second-order valence-electron chi connectivity index (χ2n) is 4.81. The SMILES string of the molecule is CCC(C)n1ccc(CNCc2ccc(O)cc2)n1. The highest BCUT2D eigenvalue weighted by Crippen LogP contribution is 2.10. The first-order valence-electron chi connectivity index (χ1n) is 6.71. The molecule has 4 heteroatoms. The average molecular weight is 259 g/mol. The minimum absolute atomic E-state index is 0.302. The molecule has 1 unspecified atom stereocenters. The Morgan fingerprint density at radius 3 is 2.63 bits per heavy atom. The van der Waals surface area contributed by atoms with Crippen LogP contribution in [-0.4, -0.2) is 14.9 Å². The van der Waals surface area contributed by atoms with Crippen LogP contribution < -0.4 is 5.32 Å². The van der Waals surface area contributed by atoms with Crippen molar-refractivity contribution in [2.75, 3.05) is 0 Å². The number of benzene rings is 1. The Morgan fingerprint density at radius 1 is 1.21 bits per heavy atom. The van der Waals surface area contributed by atoms with E-state index in [9.17, 15) is 5.11 Å². The topological polar surface area (TPSA) is 50.1 Å². The molecule has 1 heterocycles. The molecule has 0 radical (unpaired) electrons. The average Bonchev–Trinajstić information content (AvgIpc) is 2.89. The Balaban J connectivity index is 1.82. The van der Waals surface area contributed by atoms with Crippen LogP contribution in [0.3, 0.4) is 0 Å². The highest BCUT2D eigenvalue weighted by Gasteiger charge is 2.04. The molecular formula is C15H21N3O. The van der Waals surface area contributed by atoms with Crippen molar-refractivity contribution < 1.29 is 5.11 Å². The van der Waals surface area contributed by atoms with Crippen LogP contribution in [0.2, 0.25) is 0 Å². The van der Waals surface area contributed by atoms with E-state index >= 15 is 0 Å². The van der Waals surface area contributed by atoms with Crippen molar-refractivity contribution in [1.82, 2.24) is 15.1 Å². The largest absolute Gasteiger partial charge is 0.508 e. The number of phenolic OH excluding ortho intramolecular Hbond substituents is 1. The summed E-state index contributed by atoms with van der Waals surface area (Å²) in [6.45, 7) is 5.86. The van der Waals surface area contributed by atoms with Gasteiger partial charge in [-0.3, -0.25) is 4.68 Å². The zero-order chi connectivity index (χ0) is 13.7. The lowest BCUT2D eigenvalue weighted by Crippen LogP contribution is -2.14. The maximum absolute atomic E-state index is 9.21. The minimum atomic E-state index is 0.302. The zero-order valence-electron chi connectivity index (χ0n) is 11.5. The van der Waals surface area contributed by atoms with Crippen molar-refractivity contribution in [1.29, 1.82) is 0 Å². The molecule has 1 atom stereocenters. The summed E-state index contributed by atoms with van der Waals surface area (Å²) in [6.07, 6.45) is 3.12. The van der Waals surface area contributed by atoms with Gasteiger partial charge in [0.1, 0.15) is 5.75 Å². The fourth-order valence-corrected chi connectivity index (χ4v) is 1.85. The van der Waals surface area contributed by atoms with Crippen LogP contribution in [0.15, 0.2) is 36.5 Å². The first-order valence-corrected chi connectivity index (χ1v) is 6.71. The molecular weight excluding hydrogens is 238 g/mol. The highest BCUT2D eigenvalue weighted by atomic mass is 16.3. The summed E-state index contributed by atoms with van der Waals surface area (Å²) < 4.78 is 2.01. The molecule has 0 aliphatic rings. The van der Waals surface area contributed by atoms with Gasteiger partial charge in [-0.05, 0) is 37.1 Å². The van der Waals surface area contributed by atoms with Gasteiger partial charge in [-0.1, -0.05) is 19.1 Å². The first-order chi connectivity index (χ1) is 9.19. The van der Waals surface area contributed by atoms with Gasteiger partial charge >= 0.3 is 0 Å². The van der Waals surface area contributed by atoms with Gasteiger partial charge in [0.15, 0.2) is 0 Å². The minimum Gasteiger partial charge on any atom is -0.508 e. The monoisotopic (exact) mass is 259 g/mol. The third kappa shape index (κ3) is 3.83. The predicted octanol–water partition coefficient (Wildman–Crippen LogP) is 2.85. The molecule has 0 fully saturated rings. The molecule has 0 saturated heterocycles. The Bertz CT molecular complexity index is 504. The number of aromatic nitrogens is 2. The molecule has 2 aromatic rings. The van der Waals surface area contributed by atoms with E-state index in [2.05, 4.69) is 30.3 Å². The molecule has 0 spiro atoms. The smallest absolute Gasteiger partial charge is 0.115 e. The maximum Gasteiger partial charge on any atom is 0.115 e. The van der Waals surface area contributed by atoms with Gasteiger partial charge in [0.05, 0.1) is 5.69 Å². The van der Waals surface area contributed by atoms with Crippen LogP contribution in [0.5, 0.6) is 5.75 Å². The summed E-state index contributed by atoms with van der Waals surface area (Å²) in [5, 5.41) is 17.1. The van der Waals surface area contributed by atoms with Crippen LogP contribution in [-0.2, 0) is 13.1 Å². The van der Waals surface area contributed by atoms with Crippen LogP contribution >= 0.6 is 0 Å². The molecule has 102 valence electrons. The van der Waals surface area contributed by atoms with E-state index in [0.29, 0.717) is 11.8 Å². The summed E-state index contributed by atoms with van der Waals surface area (Å²) >= 11 is 0. The van der Waals surface area contributed by atoms with Crippen LogP contribution in [0.4, 0.5) is 0 Å². The van der Waals surface area contributed by atoms with Crippen LogP contribution in [0.1, 0.15) is 37.6 Å². The standard InChI is InChI=1S/C15H21N3O/c1-3-12(2)18-9-8-14(17-18)11-16-10-13-4-6-15(19)7-5-13/h4-9,12,16,19H,3,10-11H2,1-2H3. The van der Waals surface area contributed by atoms with Gasteiger partial charge in [0, 0.05) is 25.3 Å². The number of hydrogen-bond acceptors (Lipinski definition) is 3. The van der Waals surface area contributed by atoms with E-state index in [1.165, 1.54) is 0 Å². The van der Waals surface area contributed by atoms with Crippen LogP contribution in [0, 0.1) is 0 Å². The molecule has 19 heavy (non-hydrogen) atoms. The van der Waals surface area contributed by atoms with E-state index in [1.54, 1.807) is 12.1 Å². The molecule has 0 aliphatic carbocycles. The van der Waals surface area contributed by atoms with Crippen molar-refractivity contribution in [2.45, 2.75) is 39.4 Å². The van der Waals surface area contributed by atoms with Gasteiger partial charge in [-0.25, -0.2) is 0 Å². The number of rotatable bonds is 6. The Kier molecular flexibility index (Phi) is 4.58. The summed E-state index contributed by atoms with van der Waals surface area (Å²) in [6, 6.07) is 9.74. The van der Waals surface area contributed by atoms with Crippen molar-refractivity contribution in [2.24, 2.45) is 0 Å². The lowest BCUT2D eigenvalue weighted by molar-refractivity contribution is 0.471. The van der Waals surface area contributed by atoms with Crippen molar-refractivity contribution in [3.05, 3.63) is 47.8 Å². The number of phenols is 1. The van der Waals surface area contributed by atoms with E-state index in [0.717, 1.165) is 30.8 Å². The fourth-order valence-electron chi connectivity index (χ4n) is 1.85. The van der Waals surface area contributed by atoms with Crippen molar-refractivity contribution >= 4 is 0 Å². The lowest BCUT2D eigenvalue weighted by atomic mass is 10.2. The third-order valence-corrected chi connectivity index (χ3v) is 3.28. The zero-order valence-corrected chi connectivity index (χ0v) is 11.5. The van der Waals surface area contributed by atoms with Gasteiger partial charge < -0.3 is 10.4 Å². The van der Waals surface area contributed by atoms with Crippen molar-refractivity contribution in [3.63, 3.8) is 0 Å². The third-order valence-electron chi connectivity index (χ3n) is 3.28. The molecule has 0 amide bonds. The Hall–Kier alpha value is -1.81.